The van der Waals surface area contributed by atoms with Gasteiger partial charge >= 0.3 is 5.97 Å². The first-order valence-electron chi connectivity index (χ1n) is 14.6. The summed E-state index contributed by atoms with van der Waals surface area (Å²) in [6.07, 6.45) is 7.08. The highest BCUT2D eigenvalue weighted by molar-refractivity contribution is 5.95. The van der Waals surface area contributed by atoms with Gasteiger partial charge in [0.25, 0.3) is 0 Å². The second-order valence-corrected chi connectivity index (χ2v) is 10.5. The molecule has 9 nitrogen and oxygen atoms in total. The number of carbonyl (C=O) groups excluding carboxylic acids is 1. The highest BCUT2D eigenvalue weighted by Crippen LogP contribution is 2.46. The molecule has 0 bridgehead atoms. The molecular weight excluding hydrogens is 561 g/mol. The lowest BCUT2D eigenvalue weighted by molar-refractivity contribution is 0.0508. The van der Waals surface area contributed by atoms with E-state index >= 15 is 4.39 Å². The Morgan fingerprint density at radius 1 is 1.20 bits per heavy atom. The number of fused-ring (bicyclic) bond motifs is 1. The lowest BCUT2D eigenvalue weighted by Crippen LogP contribution is -2.40. The molecule has 0 fully saturated rings. The first-order valence-corrected chi connectivity index (χ1v) is 14.6. The Balaban J connectivity index is 1.63. The van der Waals surface area contributed by atoms with Gasteiger partial charge in [-0.2, -0.15) is 5.26 Å². The third-order valence-electron chi connectivity index (χ3n) is 7.89. The monoisotopic (exact) mass is 597 g/mol. The standard InChI is InChI=1S/C34H36FN5O4/c1-4-44-34(42)33-30(41)20-31-39(22-37-17-16-25-10-7-8-18-38(25)2)32(23-12-14-26(43-3)15-13-23)27(21-36)29(40(31)33)19-24-9-5-6-11-28(24)35/h5-15,20,29,37,41H,4,16-19,22H2,1-3H3. The van der Waals surface area contributed by atoms with Gasteiger partial charge in [-0.1, -0.05) is 30.4 Å². The summed E-state index contributed by atoms with van der Waals surface area (Å²) in [6.45, 7) is 3.52. The van der Waals surface area contributed by atoms with Crippen LogP contribution in [0.25, 0.3) is 5.70 Å². The fourth-order valence-electron chi connectivity index (χ4n) is 5.71. The van der Waals surface area contributed by atoms with Crippen LogP contribution in [0.15, 0.2) is 84.1 Å². The van der Waals surface area contributed by atoms with Crippen LogP contribution in [0.2, 0.25) is 0 Å². The molecule has 3 heterocycles. The predicted molar refractivity (Wildman–Crippen MR) is 167 cm³/mol. The van der Waals surface area contributed by atoms with Gasteiger partial charge in [0.05, 0.1) is 43.8 Å². The van der Waals surface area contributed by atoms with Gasteiger partial charge in [0.1, 0.15) is 23.1 Å². The van der Waals surface area contributed by atoms with Gasteiger partial charge in [-0.15, -0.1) is 0 Å². The molecule has 0 aliphatic carbocycles. The molecule has 2 aliphatic heterocycles. The normalized spacial score (nSPS) is 16.0. The maximum Gasteiger partial charge on any atom is 0.358 e. The van der Waals surface area contributed by atoms with E-state index in [0.29, 0.717) is 34.9 Å². The number of esters is 1. The molecular formula is C34H36FN5O4. The van der Waals surface area contributed by atoms with E-state index in [1.807, 2.05) is 42.3 Å². The van der Waals surface area contributed by atoms with Crippen molar-refractivity contribution >= 4 is 17.5 Å². The molecule has 2 aromatic carbocycles. The van der Waals surface area contributed by atoms with Crippen LogP contribution < -0.4 is 15.0 Å². The zero-order valence-corrected chi connectivity index (χ0v) is 25.1. The topological polar surface area (TPSA) is 103 Å². The molecule has 5 rings (SSSR count). The third kappa shape index (κ3) is 6.05. The van der Waals surface area contributed by atoms with Crippen LogP contribution in [0, 0.1) is 17.1 Å². The number of allylic oxidation sites excluding steroid dienone is 3. The minimum Gasteiger partial charge on any atom is -0.505 e. The molecule has 1 unspecified atom stereocenters. The molecule has 1 atom stereocenters. The Kier molecular flexibility index (Phi) is 9.36. The number of rotatable bonds is 11. The van der Waals surface area contributed by atoms with Gasteiger partial charge < -0.3 is 28.9 Å². The first-order chi connectivity index (χ1) is 21.4. The Bertz CT molecular complexity index is 1650. The van der Waals surface area contributed by atoms with Crippen molar-refractivity contribution in [2.45, 2.75) is 25.8 Å². The summed E-state index contributed by atoms with van der Waals surface area (Å²) in [5, 5.41) is 25.3. The average Bonchev–Trinajstić information content (AvgIpc) is 3.38. The summed E-state index contributed by atoms with van der Waals surface area (Å²) in [4.78, 5) is 17.3. The molecule has 3 aromatic rings. The van der Waals surface area contributed by atoms with Gasteiger partial charge in [-0.25, -0.2) is 9.18 Å². The van der Waals surface area contributed by atoms with Crippen molar-refractivity contribution < 1.29 is 23.8 Å². The number of halogens is 1. The number of nitrogens with zero attached hydrogens (tertiary/aromatic N) is 4. The SMILES string of the molecule is CCOC(=O)c1c(O)cc2n1C(Cc1ccccc1F)C(C#N)=C(c1ccc(OC)cc1)N2CNCCC1=CC=CCN1C. The minimum absolute atomic E-state index is 0.0675. The Morgan fingerprint density at radius 2 is 1.98 bits per heavy atom. The molecule has 0 spiro atoms. The van der Waals surface area contributed by atoms with E-state index < -0.39 is 17.8 Å². The number of likely N-dealkylation sites (N-methyl/N-ethyl adjacent to an activating group) is 1. The third-order valence-corrected chi connectivity index (χ3v) is 7.89. The summed E-state index contributed by atoms with van der Waals surface area (Å²) in [7, 11) is 3.63. The summed E-state index contributed by atoms with van der Waals surface area (Å²) in [5.74, 6) is -0.307. The number of carbonyl (C=O) groups is 1. The molecule has 0 radical (unpaired) electrons. The fourth-order valence-corrected chi connectivity index (χ4v) is 5.71. The number of hydrogen-bond donors (Lipinski definition) is 2. The van der Waals surface area contributed by atoms with Crippen molar-refractivity contribution in [2.75, 3.05) is 45.4 Å². The molecule has 0 saturated carbocycles. The van der Waals surface area contributed by atoms with E-state index in [4.69, 9.17) is 9.47 Å². The number of anilines is 1. The van der Waals surface area contributed by atoms with Gasteiger partial charge in [0.2, 0.25) is 0 Å². The van der Waals surface area contributed by atoms with E-state index in [9.17, 15) is 15.2 Å². The average molecular weight is 598 g/mol. The van der Waals surface area contributed by atoms with Gasteiger partial charge in [-0.3, -0.25) is 5.32 Å². The zero-order valence-electron chi connectivity index (χ0n) is 25.1. The van der Waals surface area contributed by atoms with E-state index in [-0.39, 0.29) is 31.1 Å². The maximum absolute atomic E-state index is 15.0. The van der Waals surface area contributed by atoms with Crippen molar-refractivity contribution in [3.63, 3.8) is 0 Å². The number of aromatic nitrogens is 1. The molecule has 44 heavy (non-hydrogen) atoms. The number of hydrogen-bond acceptors (Lipinski definition) is 8. The van der Waals surface area contributed by atoms with Crippen LogP contribution in [0.4, 0.5) is 10.2 Å². The Labute approximate surface area is 256 Å². The second-order valence-electron chi connectivity index (χ2n) is 10.5. The van der Waals surface area contributed by atoms with E-state index in [1.165, 1.54) is 17.8 Å². The summed E-state index contributed by atoms with van der Waals surface area (Å²) in [6, 6.07) is 16.8. The minimum atomic E-state index is -0.812. The van der Waals surface area contributed by atoms with E-state index in [1.54, 1.807) is 36.8 Å². The van der Waals surface area contributed by atoms with Crippen molar-refractivity contribution in [1.29, 1.82) is 5.26 Å². The number of aromatic hydroxyl groups is 1. The number of nitrogens with one attached hydrogen (secondary N) is 1. The summed E-state index contributed by atoms with van der Waals surface area (Å²) >= 11 is 0. The van der Waals surface area contributed by atoms with Gasteiger partial charge in [-0.05, 0) is 60.9 Å². The lowest BCUT2D eigenvalue weighted by atomic mass is 9.92. The van der Waals surface area contributed by atoms with Crippen LogP contribution in [-0.4, -0.2) is 61.1 Å². The first kappa shape index (κ1) is 30.4. The number of nitriles is 1. The smallest absolute Gasteiger partial charge is 0.358 e. The maximum atomic E-state index is 15.0. The number of benzene rings is 2. The second kappa shape index (κ2) is 13.5. The Hall–Kier alpha value is -5.01. The molecule has 228 valence electrons. The van der Waals surface area contributed by atoms with E-state index in [2.05, 4.69) is 28.4 Å². The van der Waals surface area contributed by atoms with Gasteiger partial charge in [0.15, 0.2) is 5.69 Å². The lowest BCUT2D eigenvalue weighted by Gasteiger charge is -2.38. The van der Waals surface area contributed by atoms with Crippen LogP contribution >= 0.6 is 0 Å². The predicted octanol–water partition coefficient (Wildman–Crippen LogP) is 5.38. The molecule has 2 aliphatic rings. The van der Waals surface area contributed by atoms with Crippen LogP contribution in [0.3, 0.4) is 0 Å². The largest absolute Gasteiger partial charge is 0.505 e. The summed E-state index contributed by atoms with van der Waals surface area (Å²) < 4.78 is 27.3. The molecule has 10 heteroatoms. The van der Waals surface area contributed by atoms with Crippen molar-refractivity contribution in [2.24, 2.45) is 0 Å². The summed E-state index contributed by atoms with van der Waals surface area (Å²) in [5.41, 5.74) is 3.11. The van der Waals surface area contributed by atoms with E-state index in [0.717, 1.165) is 18.5 Å². The van der Waals surface area contributed by atoms with Crippen LogP contribution in [0.1, 0.15) is 41.0 Å². The fraction of sp³-hybridized carbons (Fsp3) is 0.294. The zero-order chi connectivity index (χ0) is 31.2. The number of methoxy groups -OCH3 is 1. The highest BCUT2D eigenvalue weighted by atomic mass is 19.1. The molecule has 2 N–H and O–H groups in total. The van der Waals surface area contributed by atoms with Crippen LogP contribution in [0.5, 0.6) is 11.5 Å². The van der Waals surface area contributed by atoms with Crippen molar-refractivity contribution in [3.05, 3.63) is 107 Å². The highest BCUT2D eigenvalue weighted by Gasteiger charge is 2.39. The van der Waals surface area contributed by atoms with Crippen LogP contribution in [-0.2, 0) is 11.2 Å². The quantitative estimate of drug-likeness (QED) is 0.224. The molecule has 0 amide bonds. The van der Waals surface area contributed by atoms with Crippen molar-refractivity contribution in [3.8, 4) is 17.6 Å². The number of ether oxygens (including phenoxy) is 2. The van der Waals surface area contributed by atoms with Crippen molar-refractivity contribution in [1.82, 2.24) is 14.8 Å². The molecule has 0 saturated heterocycles. The molecule has 1 aromatic heterocycles. The van der Waals surface area contributed by atoms with Gasteiger partial charge in [0, 0.05) is 38.3 Å². The Morgan fingerprint density at radius 3 is 2.66 bits per heavy atom.